The molecule has 0 atom stereocenters. The lowest BCUT2D eigenvalue weighted by atomic mass is 10.2. The molecule has 4 N–H and O–H groups in total. The van der Waals surface area contributed by atoms with E-state index in [1.54, 1.807) is 0 Å². The van der Waals surface area contributed by atoms with E-state index in [1.165, 1.54) is 0 Å². The first-order valence-electron chi connectivity index (χ1n) is 4.16. The van der Waals surface area contributed by atoms with Crippen LogP contribution >= 0.6 is 11.6 Å². The first-order chi connectivity index (χ1) is 6.66. The van der Waals surface area contributed by atoms with Gasteiger partial charge in [0.2, 0.25) is 0 Å². The highest BCUT2D eigenvalue weighted by atomic mass is 35.5. The van der Waals surface area contributed by atoms with Gasteiger partial charge in [-0.2, -0.15) is 10.2 Å². The Balaban J connectivity index is 2.22. The highest BCUT2D eigenvalue weighted by Gasteiger charge is 2.09. The van der Waals surface area contributed by atoms with Gasteiger partial charge in [-0.1, -0.05) is 11.6 Å². The molecule has 74 valence electrons. The van der Waals surface area contributed by atoms with Gasteiger partial charge >= 0.3 is 0 Å². The molecule has 0 aliphatic rings. The van der Waals surface area contributed by atoms with E-state index in [2.05, 4.69) is 20.4 Å². The van der Waals surface area contributed by atoms with Crippen LogP contribution in [0.5, 0.6) is 0 Å². The zero-order chi connectivity index (χ0) is 10.1. The Hall–Kier alpha value is -1.49. The van der Waals surface area contributed by atoms with Gasteiger partial charge in [0.15, 0.2) is 5.15 Å². The molecule has 2 rings (SSSR count). The van der Waals surface area contributed by atoms with Crippen molar-refractivity contribution in [3.8, 4) is 0 Å². The zero-order valence-corrected chi connectivity index (χ0v) is 8.39. The lowest BCUT2D eigenvalue weighted by Gasteiger charge is -1.94. The minimum Gasteiger partial charge on any atom is -0.395 e. The number of nitrogens with zero attached hydrogens (tertiary/aromatic N) is 2. The molecule has 2 aromatic heterocycles. The van der Waals surface area contributed by atoms with Crippen LogP contribution in [0.15, 0.2) is 6.07 Å². The Morgan fingerprint density at radius 3 is 2.71 bits per heavy atom. The summed E-state index contributed by atoms with van der Waals surface area (Å²) < 4.78 is 0. The van der Waals surface area contributed by atoms with E-state index in [0.29, 0.717) is 17.3 Å². The molecule has 6 heteroatoms. The third kappa shape index (κ3) is 1.58. The summed E-state index contributed by atoms with van der Waals surface area (Å²) >= 11 is 5.71. The van der Waals surface area contributed by atoms with Crippen molar-refractivity contribution in [2.45, 2.75) is 13.3 Å². The molecular formula is C8H10ClN5. The lowest BCUT2D eigenvalue weighted by Crippen LogP contribution is -1.94. The third-order valence-electron chi connectivity index (χ3n) is 1.95. The molecule has 0 saturated heterocycles. The second-order valence-electron chi connectivity index (χ2n) is 3.13. The van der Waals surface area contributed by atoms with Gasteiger partial charge in [0.25, 0.3) is 0 Å². The van der Waals surface area contributed by atoms with Crippen LogP contribution in [0.1, 0.15) is 17.1 Å². The maximum atomic E-state index is 5.71. The second-order valence-corrected chi connectivity index (χ2v) is 3.48. The Morgan fingerprint density at radius 1 is 1.43 bits per heavy atom. The number of aromatic amines is 2. The van der Waals surface area contributed by atoms with E-state index >= 15 is 0 Å². The van der Waals surface area contributed by atoms with Crippen LogP contribution in [0.2, 0.25) is 5.15 Å². The molecule has 0 aliphatic heterocycles. The minimum absolute atomic E-state index is 0.312. The average molecular weight is 212 g/mol. The highest BCUT2D eigenvalue weighted by Crippen LogP contribution is 2.20. The maximum absolute atomic E-state index is 5.71. The first kappa shape index (κ1) is 9.08. The SMILES string of the molecule is Cc1cc(Cc2[nH]nc(Cl)c2N)n[nH]1. The van der Waals surface area contributed by atoms with Crippen molar-refractivity contribution in [2.75, 3.05) is 5.73 Å². The van der Waals surface area contributed by atoms with E-state index in [4.69, 9.17) is 17.3 Å². The van der Waals surface area contributed by atoms with Gasteiger partial charge in [0.1, 0.15) is 0 Å². The molecule has 2 heterocycles. The summed E-state index contributed by atoms with van der Waals surface area (Å²) in [6.45, 7) is 1.94. The summed E-state index contributed by atoms with van der Waals surface area (Å²) in [5.41, 5.74) is 8.91. The fourth-order valence-electron chi connectivity index (χ4n) is 1.24. The summed E-state index contributed by atoms with van der Waals surface area (Å²) in [6, 6.07) is 1.95. The van der Waals surface area contributed by atoms with Gasteiger partial charge in [0.05, 0.1) is 17.1 Å². The summed E-state index contributed by atoms with van der Waals surface area (Å²) in [6.07, 6.45) is 0.607. The summed E-state index contributed by atoms with van der Waals surface area (Å²) in [7, 11) is 0. The van der Waals surface area contributed by atoms with E-state index in [1.807, 2.05) is 13.0 Å². The molecule has 0 aliphatic carbocycles. The number of nitrogen functional groups attached to an aromatic ring is 1. The molecule has 0 spiro atoms. The first-order valence-corrected chi connectivity index (χ1v) is 4.53. The van der Waals surface area contributed by atoms with Crippen molar-refractivity contribution in [3.63, 3.8) is 0 Å². The molecule has 0 amide bonds. The fourth-order valence-corrected chi connectivity index (χ4v) is 1.40. The average Bonchev–Trinajstić information content (AvgIpc) is 2.67. The van der Waals surface area contributed by atoms with Crippen molar-refractivity contribution < 1.29 is 0 Å². The van der Waals surface area contributed by atoms with Crippen LogP contribution in [0, 0.1) is 6.92 Å². The van der Waals surface area contributed by atoms with Crippen molar-refractivity contribution in [3.05, 3.63) is 28.3 Å². The molecule has 0 fully saturated rings. The maximum Gasteiger partial charge on any atom is 0.174 e. The van der Waals surface area contributed by atoms with Crippen molar-refractivity contribution in [1.82, 2.24) is 20.4 Å². The summed E-state index contributed by atoms with van der Waals surface area (Å²) in [5.74, 6) is 0. The number of nitrogens with one attached hydrogen (secondary N) is 2. The normalized spacial score (nSPS) is 10.7. The van der Waals surface area contributed by atoms with Gasteiger partial charge in [-0.25, -0.2) is 0 Å². The van der Waals surface area contributed by atoms with Crippen LogP contribution in [0.4, 0.5) is 5.69 Å². The van der Waals surface area contributed by atoms with E-state index in [9.17, 15) is 0 Å². The number of hydrogen-bond acceptors (Lipinski definition) is 3. The molecular weight excluding hydrogens is 202 g/mol. The summed E-state index contributed by atoms with van der Waals surface area (Å²) in [4.78, 5) is 0. The largest absolute Gasteiger partial charge is 0.395 e. The second kappa shape index (κ2) is 3.34. The number of nitrogens with two attached hydrogens (primary N) is 1. The van der Waals surface area contributed by atoms with Gasteiger partial charge in [-0.15, -0.1) is 0 Å². The van der Waals surface area contributed by atoms with Crippen LogP contribution in [-0.4, -0.2) is 20.4 Å². The Morgan fingerprint density at radius 2 is 2.21 bits per heavy atom. The standard InChI is InChI=1S/C8H10ClN5/c1-4-2-5(12-11-4)3-6-7(10)8(9)14-13-6/h2H,3,10H2,1H3,(H,11,12)(H,13,14). The number of H-pyrrole nitrogens is 2. The Bertz CT molecular complexity index is 444. The molecule has 0 unspecified atom stereocenters. The van der Waals surface area contributed by atoms with Gasteiger partial charge in [-0.05, 0) is 13.0 Å². The monoisotopic (exact) mass is 211 g/mol. The smallest absolute Gasteiger partial charge is 0.174 e. The Labute approximate surface area is 85.7 Å². The van der Waals surface area contributed by atoms with E-state index < -0.39 is 0 Å². The van der Waals surface area contributed by atoms with Crippen molar-refractivity contribution in [1.29, 1.82) is 0 Å². The van der Waals surface area contributed by atoms with Crippen LogP contribution < -0.4 is 5.73 Å². The molecule has 14 heavy (non-hydrogen) atoms. The molecule has 0 bridgehead atoms. The topological polar surface area (TPSA) is 83.4 Å². The third-order valence-corrected chi connectivity index (χ3v) is 2.24. The van der Waals surface area contributed by atoms with Crippen LogP contribution in [-0.2, 0) is 6.42 Å². The molecule has 5 nitrogen and oxygen atoms in total. The van der Waals surface area contributed by atoms with E-state index in [0.717, 1.165) is 17.1 Å². The number of halogens is 1. The van der Waals surface area contributed by atoms with Crippen molar-refractivity contribution in [2.24, 2.45) is 0 Å². The highest BCUT2D eigenvalue weighted by molar-refractivity contribution is 6.31. The summed E-state index contributed by atoms with van der Waals surface area (Å²) in [5, 5.41) is 13.8. The van der Waals surface area contributed by atoms with Crippen molar-refractivity contribution >= 4 is 17.3 Å². The lowest BCUT2D eigenvalue weighted by molar-refractivity contribution is 0.939. The van der Waals surface area contributed by atoms with E-state index in [-0.39, 0.29) is 0 Å². The van der Waals surface area contributed by atoms with Gasteiger partial charge in [-0.3, -0.25) is 10.2 Å². The van der Waals surface area contributed by atoms with Crippen LogP contribution in [0.3, 0.4) is 0 Å². The number of rotatable bonds is 2. The number of aromatic nitrogens is 4. The number of anilines is 1. The molecule has 0 saturated carbocycles. The molecule has 0 radical (unpaired) electrons. The predicted octanol–water partition coefficient (Wildman–Crippen LogP) is 1.27. The van der Waals surface area contributed by atoms with Gasteiger partial charge in [0, 0.05) is 12.1 Å². The molecule has 0 aromatic carbocycles. The fraction of sp³-hybridized carbons (Fsp3) is 0.250. The molecule has 2 aromatic rings. The zero-order valence-electron chi connectivity index (χ0n) is 7.63. The van der Waals surface area contributed by atoms with Crippen LogP contribution in [0.25, 0.3) is 0 Å². The Kier molecular flexibility index (Phi) is 2.17. The minimum atomic E-state index is 0.312. The quantitative estimate of drug-likeness (QED) is 0.700. The predicted molar refractivity (Wildman–Crippen MR) is 54.1 cm³/mol. The number of hydrogen-bond donors (Lipinski definition) is 3. The van der Waals surface area contributed by atoms with Gasteiger partial charge < -0.3 is 5.73 Å². The number of aryl methyl sites for hydroxylation is 1.